The summed E-state index contributed by atoms with van der Waals surface area (Å²) in [7, 11) is 1.77. The number of amides is 1. The van der Waals surface area contributed by atoms with Gasteiger partial charge in [-0.25, -0.2) is 4.98 Å². The predicted molar refractivity (Wildman–Crippen MR) is 104 cm³/mol. The van der Waals surface area contributed by atoms with Crippen LogP contribution in [0.15, 0.2) is 10.4 Å². The summed E-state index contributed by atoms with van der Waals surface area (Å²) < 4.78 is 0. The van der Waals surface area contributed by atoms with E-state index in [1.165, 1.54) is 0 Å². The van der Waals surface area contributed by atoms with E-state index in [2.05, 4.69) is 41.8 Å². The van der Waals surface area contributed by atoms with E-state index in [0.29, 0.717) is 6.54 Å². The van der Waals surface area contributed by atoms with E-state index < -0.39 is 0 Å². The van der Waals surface area contributed by atoms with Crippen molar-refractivity contribution < 1.29 is 4.79 Å². The van der Waals surface area contributed by atoms with E-state index in [1.54, 1.807) is 18.4 Å². The van der Waals surface area contributed by atoms with Gasteiger partial charge >= 0.3 is 0 Å². The molecule has 140 valence electrons. The van der Waals surface area contributed by atoms with Gasteiger partial charge in [-0.2, -0.15) is 0 Å². The van der Waals surface area contributed by atoms with Gasteiger partial charge in [-0.05, 0) is 6.42 Å². The SMILES string of the molecule is CN=C(NCc1csc(C(C)(C)C)n1)NC1CCN(C(=O)C(C)C)C1. The molecule has 25 heavy (non-hydrogen) atoms. The summed E-state index contributed by atoms with van der Waals surface area (Å²) >= 11 is 1.70. The molecule has 2 N–H and O–H groups in total. The number of likely N-dealkylation sites (tertiary alicyclic amines) is 1. The Morgan fingerprint density at radius 2 is 2.20 bits per heavy atom. The zero-order chi connectivity index (χ0) is 18.6. The molecular formula is C18H31N5OS. The number of carbonyl (C=O) groups is 1. The zero-order valence-corrected chi connectivity index (χ0v) is 17.0. The highest BCUT2D eigenvalue weighted by molar-refractivity contribution is 7.09. The van der Waals surface area contributed by atoms with Crippen LogP contribution in [0.25, 0.3) is 0 Å². The Morgan fingerprint density at radius 1 is 1.48 bits per heavy atom. The van der Waals surface area contributed by atoms with Crippen LogP contribution in [0.4, 0.5) is 0 Å². The van der Waals surface area contributed by atoms with Gasteiger partial charge in [-0.1, -0.05) is 34.6 Å². The van der Waals surface area contributed by atoms with Crippen LogP contribution < -0.4 is 10.6 Å². The van der Waals surface area contributed by atoms with Crippen molar-refractivity contribution in [3.8, 4) is 0 Å². The lowest BCUT2D eigenvalue weighted by atomic mass is 9.98. The molecule has 1 aromatic heterocycles. The van der Waals surface area contributed by atoms with E-state index in [9.17, 15) is 4.79 Å². The first kappa shape index (κ1) is 19.7. The summed E-state index contributed by atoms with van der Waals surface area (Å²) in [5.74, 6) is 1.04. The molecule has 7 heteroatoms. The van der Waals surface area contributed by atoms with Crippen molar-refractivity contribution >= 4 is 23.2 Å². The standard InChI is InChI=1S/C18H31N5OS/c1-12(2)15(24)23-8-7-13(10-23)22-17(19-6)20-9-14-11-25-16(21-14)18(3,4)5/h11-13H,7-10H2,1-6H3,(H2,19,20,22). The van der Waals surface area contributed by atoms with Crippen molar-refractivity contribution in [2.24, 2.45) is 10.9 Å². The molecule has 0 aromatic carbocycles. The zero-order valence-electron chi connectivity index (χ0n) is 16.2. The highest BCUT2D eigenvalue weighted by atomic mass is 32.1. The molecule has 1 unspecified atom stereocenters. The molecule has 1 saturated heterocycles. The molecule has 0 saturated carbocycles. The molecule has 1 amide bonds. The van der Waals surface area contributed by atoms with Crippen molar-refractivity contribution in [2.45, 2.75) is 59.0 Å². The minimum atomic E-state index is 0.0536. The van der Waals surface area contributed by atoms with Crippen LogP contribution in [0.1, 0.15) is 51.7 Å². The average Bonchev–Trinajstić information content (AvgIpc) is 3.19. The Balaban J connectivity index is 1.84. The molecule has 0 radical (unpaired) electrons. The monoisotopic (exact) mass is 365 g/mol. The van der Waals surface area contributed by atoms with Crippen molar-refractivity contribution in [3.63, 3.8) is 0 Å². The molecule has 1 aliphatic rings. The number of rotatable bonds is 4. The number of carbonyl (C=O) groups excluding carboxylic acids is 1. The first-order valence-corrected chi connectivity index (χ1v) is 9.79. The van der Waals surface area contributed by atoms with Crippen molar-refractivity contribution in [1.29, 1.82) is 0 Å². The number of thiazole rings is 1. The smallest absolute Gasteiger partial charge is 0.225 e. The van der Waals surface area contributed by atoms with Gasteiger partial charge in [0.05, 0.1) is 17.2 Å². The van der Waals surface area contributed by atoms with Crippen molar-refractivity contribution in [2.75, 3.05) is 20.1 Å². The number of guanidine groups is 1. The van der Waals surface area contributed by atoms with Crippen LogP contribution in [0.3, 0.4) is 0 Å². The third-order valence-corrected chi connectivity index (χ3v) is 5.51. The highest BCUT2D eigenvalue weighted by Crippen LogP contribution is 2.25. The molecule has 2 heterocycles. The first-order valence-electron chi connectivity index (χ1n) is 8.91. The van der Waals surface area contributed by atoms with Gasteiger partial charge in [0.1, 0.15) is 0 Å². The van der Waals surface area contributed by atoms with E-state index in [0.717, 1.165) is 36.2 Å². The fraction of sp³-hybridized carbons (Fsp3) is 0.722. The summed E-state index contributed by atoms with van der Waals surface area (Å²) in [4.78, 5) is 23.0. The Kier molecular flexibility index (Phi) is 6.43. The third-order valence-electron chi connectivity index (χ3n) is 4.19. The summed E-state index contributed by atoms with van der Waals surface area (Å²) in [6.07, 6.45) is 0.948. The van der Waals surface area contributed by atoms with Gasteiger partial charge in [-0.3, -0.25) is 9.79 Å². The van der Waals surface area contributed by atoms with Crippen LogP contribution in [0, 0.1) is 5.92 Å². The Hall–Kier alpha value is -1.63. The quantitative estimate of drug-likeness (QED) is 0.635. The van der Waals surface area contributed by atoms with E-state index in [1.807, 2.05) is 18.7 Å². The largest absolute Gasteiger partial charge is 0.352 e. The molecule has 1 aliphatic heterocycles. The van der Waals surface area contributed by atoms with E-state index >= 15 is 0 Å². The van der Waals surface area contributed by atoms with E-state index in [-0.39, 0.29) is 23.3 Å². The number of aromatic nitrogens is 1. The van der Waals surface area contributed by atoms with Crippen LogP contribution in [0.5, 0.6) is 0 Å². The summed E-state index contributed by atoms with van der Waals surface area (Å²) in [5, 5.41) is 9.98. The maximum Gasteiger partial charge on any atom is 0.225 e. The molecule has 0 aliphatic carbocycles. The lowest BCUT2D eigenvalue weighted by Crippen LogP contribution is -2.45. The summed E-state index contributed by atoms with van der Waals surface area (Å²) in [6.45, 7) is 12.6. The molecular weight excluding hydrogens is 334 g/mol. The van der Waals surface area contributed by atoms with Gasteiger partial charge < -0.3 is 15.5 Å². The Labute approximate surface area is 155 Å². The molecule has 1 fully saturated rings. The minimum Gasteiger partial charge on any atom is -0.352 e. The number of nitrogens with one attached hydrogen (secondary N) is 2. The fourth-order valence-electron chi connectivity index (χ4n) is 2.74. The van der Waals surface area contributed by atoms with Gasteiger partial charge in [-0.15, -0.1) is 11.3 Å². The second kappa shape index (κ2) is 8.17. The van der Waals surface area contributed by atoms with Crippen LogP contribution in [-0.4, -0.2) is 47.9 Å². The van der Waals surface area contributed by atoms with Gasteiger partial charge in [0.25, 0.3) is 0 Å². The summed E-state index contributed by atoms with van der Waals surface area (Å²) in [6, 6.07) is 0.245. The van der Waals surface area contributed by atoms with Crippen LogP contribution >= 0.6 is 11.3 Å². The Bertz CT molecular complexity index is 617. The second-order valence-corrected chi connectivity index (χ2v) is 8.75. The number of hydrogen-bond donors (Lipinski definition) is 2. The van der Waals surface area contributed by atoms with E-state index in [4.69, 9.17) is 4.98 Å². The molecule has 0 bridgehead atoms. The number of hydrogen-bond acceptors (Lipinski definition) is 4. The summed E-state index contributed by atoms with van der Waals surface area (Å²) in [5.41, 5.74) is 1.11. The minimum absolute atomic E-state index is 0.0536. The average molecular weight is 366 g/mol. The Morgan fingerprint density at radius 3 is 2.76 bits per heavy atom. The second-order valence-electron chi connectivity index (χ2n) is 7.89. The lowest BCUT2D eigenvalue weighted by molar-refractivity contribution is -0.133. The molecule has 0 spiro atoms. The third kappa shape index (κ3) is 5.42. The van der Waals surface area contributed by atoms with Crippen molar-refractivity contribution in [1.82, 2.24) is 20.5 Å². The van der Waals surface area contributed by atoms with Crippen LogP contribution in [0.2, 0.25) is 0 Å². The van der Waals surface area contributed by atoms with Gasteiger partial charge in [0.2, 0.25) is 5.91 Å². The molecule has 6 nitrogen and oxygen atoms in total. The normalized spacial score (nSPS) is 18.8. The van der Waals surface area contributed by atoms with Crippen LogP contribution in [-0.2, 0) is 16.8 Å². The predicted octanol–water partition coefficient (Wildman–Crippen LogP) is 2.36. The number of aliphatic imine (C=N–C) groups is 1. The van der Waals surface area contributed by atoms with Gasteiger partial charge in [0.15, 0.2) is 5.96 Å². The topological polar surface area (TPSA) is 69.6 Å². The highest BCUT2D eigenvalue weighted by Gasteiger charge is 2.28. The molecule has 1 aromatic rings. The fourth-order valence-corrected chi connectivity index (χ4v) is 3.65. The molecule has 2 rings (SSSR count). The first-order chi connectivity index (χ1) is 11.7. The maximum atomic E-state index is 12.1. The van der Waals surface area contributed by atoms with Crippen molar-refractivity contribution in [3.05, 3.63) is 16.1 Å². The number of nitrogens with zero attached hydrogens (tertiary/aromatic N) is 3. The molecule has 1 atom stereocenters. The van der Waals surface area contributed by atoms with Gasteiger partial charge in [0, 0.05) is 42.9 Å². The lowest BCUT2D eigenvalue weighted by Gasteiger charge is -2.20. The maximum absolute atomic E-state index is 12.1.